The van der Waals surface area contributed by atoms with Gasteiger partial charge in [0.15, 0.2) is 0 Å². The van der Waals surface area contributed by atoms with Crippen LogP contribution in [0.4, 0.5) is 0 Å². The lowest BCUT2D eigenvalue weighted by atomic mass is 9.92. The van der Waals surface area contributed by atoms with Gasteiger partial charge in [0, 0.05) is 0 Å². The summed E-state index contributed by atoms with van der Waals surface area (Å²) >= 11 is 0. The van der Waals surface area contributed by atoms with Gasteiger partial charge in [0.05, 0.1) is 0 Å². The van der Waals surface area contributed by atoms with E-state index in [1.54, 1.807) is 0 Å². The predicted molar refractivity (Wildman–Crippen MR) is 85.0 cm³/mol. The molecule has 0 aliphatic heterocycles. The van der Waals surface area contributed by atoms with Gasteiger partial charge in [0.2, 0.25) is 0 Å². The molecule has 0 fully saturated rings. The SMILES string of the molecule is CC1=CC=CCC1=C(C)C=C(C)c1ccccc1C. The monoisotopic (exact) mass is 250 g/mol. The summed E-state index contributed by atoms with van der Waals surface area (Å²) in [6.07, 6.45) is 9.92. The highest BCUT2D eigenvalue weighted by Crippen LogP contribution is 2.26. The zero-order valence-electron chi connectivity index (χ0n) is 12.3. The molecular formula is C19H22. The average molecular weight is 250 g/mol. The van der Waals surface area contributed by atoms with Crippen molar-refractivity contribution in [2.24, 2.45) is 0 Å². The van der Waals surface area contributed by atoms with E-state index >= 15 is 0 Å². The van der Waals surface area contributed by atoms with Crippen molar-refractivity contribution in [3.05, 3.63) is 76.4 Å². The largest absolute Gasteiger partial charge is 0.0801 e. The Labute approximate surface area is 116 Å². The van der Waals surface area contributed by atoms with Crippen molar-refractivity contribution in [2.75, 3.05) is 0 Å². The minimum Gasteiger partial charge on any atom is -0.0801 e. The fraction of sp³-hybridized carbons (Fsp3) is 0.263. The molecule has 1 aromatic carbocycles. The summed E-state index contributed by atoms with van der Waals surface area (Å²) in [7, 11) is 0. The molecule has 0 heterocycles. The summed E-state index contributed by atoms with van der Waals surface area (Å²) in [4.78, 5) is 0. The fourth-order valence-corrected chi connectivity index (χ4v) is 2.64. The van der Waals surface area contributed by atoms with Gasteiger partial charge in [-0.05, 0) is 67.5 Å². The number of benzene rings is 1. The van der Waals surface area contributed by atoms with Crippen LogP contribution in [0.3, 0.4) is 0 Å². The zero-order chi connectivity index (χ0) is 13.8. The van der Waals surface area contributed by atoms with E-state index in [1.165, 1.54) is 33.4 Å². The molecule has 1 aliphatic carbocycles. The highest BCUT2D eigenvalue weighted by Gasteiger charge is 2.06. The van der Waals surface area contributed by atoms with Crippen molar-refractivity contribution in [1.29, 1.82) is 0 Å². The van der Waals surface area contributed by atoms with Crippen LogP contribution in [0.1, 0.15) is 38.3 Å². The third-order valence-electron chi connectivity index (χ3n) is 3.76. The van der Waals surface area contributed by atoms with E-state index in [0.717, 1.165) is 6.42 Å². The second-order valence-electron chi connectivity index (χ2n) is 5.29. The molecule has 0 saturated carbocycles. The van der Waals surface area contributed by atoms with Crippen LogP contribution in [-0.4, -0.2) is 0 Å². The van der Waals surface area contributed by atoms with Crippen LogP contribution in [0, 0.1) is 6.92 Å². The Morgan fingerprint density at radius 3 is 2.53 bits per heavy atom. The first-order chi connectivity index (χ1) is 9.09. The molecule has 0 radical (unpaired) electrons. The molecule has 1 aliphatic rings. The maximum absolute atomic E-state index is 2.31. The predicted octanol–water partition coefficient (Wildman–Crippen LogP) is 5.62. The van der Waals surface area contributed by atoms with E-state index in [0.29, 0.717) is 0 Å². The lowest BCUT2D eigenvalue weighted by Gasteiger charge is -2.13. The summed E-state index contributed by atoms with van der Waals surface area (Å²) in [5.74, 6) is 0. The number of rotatable bonds is 2. The van der Waals surface area contributed by atoms with Crippen LogP contribution in [0.25, 0.3) is 5.57 Å². The molecule has 98 valence electrons. The third kappa shape index (κ3) is 3.14. The van der Waals surface area contributed by atoms with Crippen molar-refractivity contribution in [1.82, 2.24) is 0 Å². The first-order valence-electron chi connectivity index (χ1n) is 6.87. The average Bonchev–Trinajstić information content (AvgIpc) is 2.39. The van der Waals surface area contributed by atoms with Crippen LogP contribution >= 0.6 is 0 Å². The number of hydrogen-bond acceptors (Lipinski definition) is 0. The smallest absolute Gasteiger partial charge is 0.00891 e. The third-order valence-corrected chi connectivity index (χ3v) is 3.76. The van der Waals surface area contributed by atoms with Crippen molar-refractivity contribution in [2.45, 2.75) is 34.1 Å². The maximum Gasteiger partial charge on any atom is -0.00891 e. The highest BCUT2D eigenvalue weighted by atomic mass is 14.1. The molecule has 0 saturated heterocycles. The van der Waals surface area contributed by atoms with Crippen molar-refractivity contribution in [3.8, 4) is 0 Å². The van der Waals surface area contributed by atoms with Gasteiger partial charge in [-0.15, -0.1) is 0 Å². The second-order valence-corrected chi connectivity index (χ2v) is 5.29. The Balaban J connectivity index is 2.36. The lowest BCUT2D eigenvalue weighted by Crippen LogP contribution is -1.93. The molecule has 1 aromatic rings. The molecule has 19 heavy (non-hydrogen) atoms. The molecule has 0 heteroatoms. The van der Waals surface area contributed by atoms with E-state index in [-0.39, 0.29) is 0 Å². The van der Waals surface area contributed by atoms with Gasteiger partial charge >= 0.3 is 0 Å². The van der Waals surface area contributed by atoms with Gasteiger partial charge in [-0.2, -0.15) is 0 Å². The standard InChI is InChI=1S/C19H22/c1-14-9-5-7-11-18(14)16(3)13-17(4)19-12-8-6-10-15(19)2/h5-11,13H,12H2,1-4H3. The number of allylic oxidation sites excluding steroid dienone is 8. The van der Waals surface area contributed by atoms with Crippen molar-refractivity contribution >= 4 is 5.57 Å². The van der Waals surface area contributed by atoms with Crippen LogP contribution in [0.5, 0.6) is 0 Å². The summed E-state index contributed by atoms with van der Waals surface area (Å²) in [6.45, 7) is 8.78. The van der Waals surface area contributed by atoms with E-state index < -0.39 is 0 Å². The quantitative estimate of drug-likeness (QED) is 0.639. The molecule has 0 bridgehead atoms. The van der Waals surface area contributed by atoms with E-state index in [1.807, 2.05) is 0 Å². The molecule has 0 spiro atoms. The Bertz CT molecular complexity index is 592. The minimum absolute atomic E-state index is 1.05. The number of aryl methyl sites for hydroxylation is 1. The Morgan fingerprint density at radius 1 is 1.11 bits per heavy atom. The lowest BCUT2D eigenvalue weighted by molar-refractivity contribution is 1.14. The van der Waals surface area contributed by atoms with Gasteiger partial charge < -0.3 is 0 Å². The van der Waals surface area contributed by atoms with E-state index in [4.69, 9.17) is 0 Å². The van der Waals surface area contributed by atoms with Crippen molar-refractivity contribution in [3.63, 3.8) is 0 Å². The number of hydrogen-bond donors (Lipinski definition) is 0. The van der Waals surface area contributed by atoms with E-state index in [2.05, 4.69) is 76.3 Å². The summed E-state index contributed by atoms with van der Waals surface area (Å²) in [5, 5.41) is 0. The van der Waals surface area contributed by atoms with Crippen LogP contribution in [0.15, 0.2) is 65.3 Å². The molecule has 0 amide bonds. The molecule has 0 nitrogen and oxygen atoms in total. The first kappa shape index (κ1) is 13.6. The molecule has 0 N–H and O–H groups in total. The Hall–Kier alpha value is -1.82. The maximum atomic E-state index is 2.31. The Kier molecular flexibility index (Phi) is 4.21. The summed E-state index contributed by atoms with van der Waals surface area (Å²) < 4.78 is 0. The summed E-state index contributed by atoms with van der Waals surface area (Å²) in [5.41, 5.74) is 8.23. The highest BCUT2D eigenvalue weighted by molar-refractivity contribution is 5.69. The van der Waals surface area contributed by atoms with Gasteiger partial charge in [-0.25, -0.2) is 0 Å². The molecule has 0 atom stereocenters. The van der Waals surface area contributed by atoms with Gasteiger partial charge in [0.25, 0.3) is 0 Å². The Morgan fingerprint density at radius 2 is 1.84 bits per heavy atom. The first-order valence-corrected chi connectivity index (χ1v) is 6.87. The minimum atomic E-state index is 1.05. The molecule has 0 unspecified atom stereocenters. The summed E-state index contributed by atoms with van der Waals surface area (Å²) in [6, 6.07) is 8.57. The van der Waals surface area contributed by atoms with Crippen molar-refractivity contribution < 1.29 is 0 Å². The van der Waals surface area contributed by atoms with Gasteiger partial charge in [-0.3, -0.25) is 0 Å². The van der Waals surface area contributed by atoms with E-state index in [9.17, 15) is 0 Å². The van der Waals surface area contributed by atoms with Crippen LogP contribution < -0.4 is 0 Å². The molecule has 2 rings (SSSR count). The topological polar surface area (TPSA) is 0 Å². The normalized spacial score (nSPS) is 18.3. The van der Waals surface area contributed by atoms with Crippen LogP contribution in [0.2, 0.25) is 0 Å². The van der Waals surface area contributed by atoms with Crippen LogP contribution in [-0.2, 0) is 0 Å². The van der Waals surface area contributed by atoms with Gasteiger partial charge in [0.1, 0.15) is 0 Å². The molecular weight excluding hydrogens is 228 g/mol. The zero-order valence-corrected chi connectivity index (χ0v) is 12.3. The molecule has 0 aromatic heterocycles. The fourth-order valence-electron chi connectivity index (χ4n) is 2.64. The van der Waals surface area contributed by atoms with Gasteiger partial charge in [-0.1, -0.05) is 48.6 Å². The second kappa shape index (κ2) is 5.88.